The van der Waals surface area contributed by atoms with Crippen molar-refractivity contribution in [2.24, 2.45) is 5.41 Å². The highest BCUT2D eigenvalue weighted by Gasteiger charge is 2.57. The average Bonchev–Trinajstić information content (AvgIpc) is 2.95. The van der Waals surface area contributed by atoms with Crippen LogP contribution < -0.4 is 5.73 Å². The maximum Gasteiger partial charge on any atom is 0.0661 e. The summed E-state index contributed by atoms with van der Waals surface area (Å²) < 4.78 is 6.02. The first kappa shape index (κ1) is 14.9. The van der Waals surface area contributed by atoms with Crippen molar-refractivity contribution in [1.29, 1.82) is 0 Å². The van der Waals surface area contributed by atoms with Gasteiger partial charge in [0.15, 0.2) is 0 Å². The van der Waals surface area contributed by atoms with Crippen molar-refractivity contribution >= 4 is 5.69 Å². The summed E-state index contributed by atoms with van der Waals surface area (Å²) >= 11 is 0. The molecule has 2 aliphatic carbocycles. The highest BCUT2D eigenvalue weighted by molar-refractivity contribution is 5.40. The summed E-state index contributed by atoms with van der Waals surface area (Å²) in [5.74, 6) is 0. The van der Waals surface area contributed by atoms with Crippen molar-refractivity contribution in [2.45, 2.75) is 57.7 Å². The number of ether oxygens (including phenoxy) is 1. The van der Waals surface area contributed by atoms with Crippen LogP contribution in [-0.4, -0.2) is 30.7 Å². The van der Waals surface area contributed by atoms with Crippen LogP contribution in [0.1, 0.15) is 44.6 Å². The normalized spacial score (nSPS) is 27.2. The van der Waals surface area contributed by atoms with E-state index in [-0.39, 0.29) is 0 Å². The monoisotopic (exact) mass is 288 g/mol. The summed E-state index contributed by atoms with van der Waals surface area (Å²) in [6.07, 6.45) is 7.08. The Balaban J connectivity index is 1.68. The molecule has 1 spiro atoms. The number of nitrogens with two attached hydrogens (primary N) is 1. The average molecular weight is 288 g/mol. The Bertz CT molecular complexity index is 482. The van der Waals surface area contributed by atoms with Crippen molar-refractivity contribution in [3.05, 3.63) is 29.8 Å². The summed E-state index contributed by atoms with van der Waals surface area (Å²) in [5.41, 5.74) is 8.49. The lowest BCUT2D eigenvalue weighted by molar-refractivity contribution is -0.162. The van der Waals surface area contributed by atoms with Gasteiger partial charge in [0.05, 0.1) is 6.10 Å². The first-order valence-corrected chi connectivity index (χ1v) is 8.32. The second-order valence-electron chi connectivity index (χ2n) is 6.80. The zero-order valence-corrected chi connectivity index (χ0v) is 13.3. The lowest BCUT2D eigenvalue weighted by Gasteiger charge is -2.57. The van der Waals surface area contributed by atoms with Crippen molar-refractivity contribution in [1.82, 2.24) is 4.90 Å². The van der Waals surface area contributed by atoms with Crippen molar-refractivity contribution in [3.8, 4) is 0 Å². The van der Waals surface area contributed by atoms with Crippen LogP contribution in [-0.2, 0) is 11.3 Å². The molecule has 0 aliphatic heterocycles. The van der Waals surface area contributed by atoms with Gasteiger partial charge in [0.25, 0.3) is 0 Å². The SMILES string of the molecule is CCOC1CC(N(C)Cc2cccc(N)c2)C12CCCC2. The van der Waals surface area contributed by atoms with Crippen molar-refractivity contribution in [3.63, 3.8) is 0 Å². The summed E-state index contributed by atoms with van der Waals surface area (Å²) in [7, 11) is 2.26. The Kier molecular flexibility index (Phi) is 4.23. The third-order valence-corrected chi connectivity index (χ3v) is 5.56. The number of benzene rings is 1. The van der Waals surface area contributed by atoms with Gasteiger partial charge in [0.1, 0.15) is 0 Å². The third-order valence-electron chi connectivity index (χ3n) is 5.56. The first-order chi connectivity index (χ1) is 10.2. The summed E-state index contributed by atoms with van der Waals surface area (Å²) in [6.45, 7) is 3.95. The van der Waals surface area contributed by atoms with Crippen LogP contribution >= 0.6 is 0 Å². The van der Waals surface area contributed by atoms with Crippen LogP contribution in [0.4, 0.5) is 5.69 Å². The minimum Gasteiger partial charge on any atom is -0.399 e. The van der Waals surface area contributed by atoms with Crippen LogP contribution in [0.2, 0.25) is 0 Å². The molecule has 116 valence electrons. The van der Waals surface area contributed by atoms with Gasteiger partial charge in [-0.05, 0) is 50.9 Å². The Labute approximate surface area is 128 Å². The summed E-state index contributed by atoms with van der Waals surface area (Å²) in [4.78, 5) is 2.52. The molecule has 1 aromatic carbocycles. The molecule has 3 nitrogen and oxygen atoms in total. The molecule has 0 amide bonds. The maximum absolute atomic E-state index is 6.02. The molecule has 2 N–H and O–H groups in total. The van der Waals surface area contributed by atoms with E-state index in [1.807, 2.05) is 12.1 Å². The van der Waals surface area contributed by atoms with Gasteiger partial charge in [-0.15, -0.1) is 0 Å². The van der Waals surface area contributed by atoms with Crippen LogP contribution in [0, 0.1) is 5.41 Å². The van der Waals surface area contributed by atoms with Crippen LogP contribution in [0.3, 0.4) is 0 Å². The quantitative estimate of drug-likeness (QED) is 0.844. The third kappa shape index (κ3) is 2.69. The van der Waals surface area contributed by atoms with E-state index in [4.69, 9.17) is 10.5 Å². The molecule has 2 aliphatic rings. The molecule has 3 rings (SSSR count). The zero-order valence-electron chi connectivity index (χ0n) is 13.3. The van der Waals surface area contributed by atoms with Gasteiger partial charge in [-0.1, -0.05) is 25.0 Å². The number of nitrogen functional groups attached to an aromatic ring is 1. The number of anilines is 1. The van der Waals surface area contributed by atoms with Gasteiger partial charge < -0.3 is 10.5 Å². The molecule has 2 atom stereocenters. The standard InChI is InChI=1S/C18H28N2O/c1-3-21-17-12-16(18(17)9-4-5-10-18)20(2)13-14-7-6-8-15(19)11-14/h6-8,11,16-17H,3-5,9-10,12-13,19H2,1-2H3. The Morgan fingerprint density at radius 1 is 1.33 bits per heavy atom. The smallest absolute Gasteiger partial charge is 0.0661 e. The molecule has 0 radical (unpaired) electrons. The van der Waals surface area contributed by atoms with E-state index in [0.717, 1.165) is 18.8 Å². The number of rotatable bonds is 5. The maximum atomic E-state index is 6.02. The molecule has 2 fully saturated rings. The van der Waals surface area contributed by atoms with E-state index in [1.165, 1.54) is 37.7 Å². The molecular formula is C18H28N2O. The van der Waals surface area contributed by atoms with Crippen molar-refractivity contribution in [2.75, 3.05) is 19.4 Å². The largest absolute Gasteiger partial charge is 0.399 e. The molecule has 3 heteroatoms. The highest BCUT2D eigenvalue weighted by Crippen LogP contribution is 2.56. The molecule has 0 bridgehead atoms. The highest BCUT2D eigenvalue weighted by atomic mass is 16.5. The van der Waals surface area contributed by atoms with E-state index < -0.39 is 0 Å². The molecule has 21 heavy (non-hydrogen) atoms. The minimum absolute atomic E-state index is 0.422. The van der Waals surface area contributed by atoms with E-state index >= 15 is 0 Å². The fraction of sp³-hybridized carbons (Fsp3) is 0.667. The number of nitrogens with zero attached hydrogens (tertiary/aromatic N) is 1. The summed E-state index contributed by atoms with van der Waals surface area (Å²) in [5, 5.41) is 0. The summed E-state index contributed by atoms with van der Waals surface area (Å²) in [6, 6.07) is 8.94. The van der Waals surface area contributed by atoms with E-state index in [2.05, 4.69) is 31.0 Å². The number of hydrogen-bond donors (Lipinski definition) is 1. The fourth-order valence-electron chi connectivity index (χ4n) is 4.56. The van der Waals surface area contributed by atoms with Gasteiger partial charge in [0, 0.05) is 30.3 Å². The van der Waals surface area contributed by atoms with E-state index in [9.17, 15) is 0 Å². The second-order valence-corrected chi connectivity index (χ2v) is 6.80. The first-order valence-electron chi connectivity index (χ1n) is 8.32. The Morgan fingerprint density at radius 3 is 2.76 bits per heavy atom. The molecular weight excluding hydrogens is 260 g/mol. The topological polar surface area (TPSA) is 38.5 Å². The molecule has 0 saturated heterocycles. The Hall–Kier alpha value is -1.06. The van der Waals surface area contributed by atoms with Crippen molar-refractivity contribution < 1.29 is 4.74 Å². The van der Waals surface area contributed by atoms with Gasteiger partial charge in [-0.3, -0.25) is 4.90 Å². The van der Waals surface area contributed by atoms with E-state index in [0.29, 0.717) is 17.6 Å². The minimum atomic E-state index is 0.422. The van der Waals surface area contributed by atoms with Crippen LogP contribution in [0.15, 0.2) is 24.3 Å². The lowest BCUT2D eigenvalue weighted by atomic mass is 9.60. The number of hydrogen-bond acceptors (Lipinski definition) is 3. The fourth-order valence-corrected chi connectivity index (χ4v) is 4.56. The predicted molar refractivity (Wildman–Crippen MR) is 87.0 cm³/mol. The molecule has 2 saturated carbocycles. The second kappa shape index (κ2) is 5.98. The molecule has 0 aromatic heterocycles. The van der Waals surface area contributed by atoms with Gasteiger partial charge >= 0.3 is 0 Å². The van der Waals surface area contributed by atoms with Gasteiger partial charge in [0.2, 0.25) is 0 Å². The molecule has 2 unspecified atom stereocenters. The Morgan fingerprint density at radius 2 is 2.10 bits per heavy atom. The van der Waals surface area contributed by atoms with Crippen LogP contribution in [0.5, 0.6) is 0 Å². The molecule has 1 aromatic rings. The molecule has 0 heterocycles. The van der Waals surface area contributed by atoms with Gasteiger partial charge in [-0.2, -0.15) is 0 Å². The van der Waals surface area contributed by atoms with Crippen LogP contribution in [0.25, 0.3) is 0 Å². The lowest BCUT2D eigenvalue weighted by Crippen LogP contribution is -2.62. The predicted octanol–water partition coefficient (Wildman–Crippen LogP) is 3.44. The zero-order chi connectivity index (χ0) is 14.9. The van der Waals surface area contributed by atoms with E-state index in [1.54, 1.807) is 0 Å². The van der Waals surface area contributed by atoms with Gasteiger partial charge in [-0.25, -0.2) is 0 Å².